The smallest absolute Gasteiger partial charge is 0.311 e. The summed E-state index contributed by atoms with van der Waals surface area (Å²) in [5, 5.41) is 30.5. The number of aromatic nitrogens is 1. The molecule has 1 heterocycles. The molecule has 18 heavy (non-hydrogen) atoms. The second-order valence-electron chi connectivity index (χ2n) is 3.52. The molecule has 2 atom stereocenters. The van der Waals surface area contributed by atoms with Gasteiger partial charge in [-0.2, -0.15) is 0 Å². The van der Waals surface area contributed by atoms with Gasteiger partial charge in [0.2, 0.25) is 5.82 Å². The van der Waals surface area contributed by atoms with Crippen molar-refractivity contribution < 1.29 is 15.1 Å². The lowest BCUT2D eigenvalue weighted by molar-refractivity contribution is -0.384. The van der Waals surface area contributed by atoms with Crippen LogP contribution in [0.2, 0.25) is 5.15 Å². The van der Waals surface area contributed by atoms with Crippen molar-refractivity contribution in [2.75, 3.05) is 11.1 Å². The van der Waals surface area contributed by atoms with Crippen LogP contribution in [0.3, 0.4) is 0 Å². The molecule has 0 amide bonds. The molecule has 0 aromatic carbocycles. The highest BCUT2D eigenvalue weighted by Gasteiger charge is 2.25. The maximum absolute atomic E-state index is 10.7. The van der Waals surface area contributed by atoms with Gasteiger partial charge in [-0.05, 0) is 6.42 Å². The summed E-state index contributed by atoms with van der Waals surface area (Å²) in [5.41, 5.74) is 4.86. The molecule has 100 valence electrons. The minimum absolute atomic E-state index is 0.0222. The second kappa shape index (κ2) is 6.28. The van der Waals surface area contributed by atoms with Gasteiger partial charge in [0.1, 0.15) is 11.3 Å². The van der Waals surface area contributed by atoms with E-state index in [-0.39, 0.29) is 23.0 Å². The van der Waals surface area contributed by atoms with E-state index in [0.717, 1.165) is 6.07 Å². The van der Waals surface area contributed by atoms with Gasteiger partial charge in [0.15, 0.2) is 0 Å². The predicted octanol–water partition coefficient (Wildman–Crippen LogP) is 1.40. The summed E-state index contributed by atoms with van der Waals surface area (Å²) >= 11 is 8.86. The van der Waals surface area contributed by atoms with Crippen LogP contribution >= 0.6 is 27.5 Å². The van der Waals surface area contributed by atoms with Crippen LogP contribution in [0.15, 0.2) is 6.07 Å². The Balaban J connectivity index is 3.15. The van der Waals surface area contributed by atoms with Gasteiger partial charge in [0.05, 0.1) is 11.0 Å². The summed E-state index contributed by atoms with van der Waals surface area (Å²) < 4.78 is 0. The Bertz CT molecular complexity index is 460. The molecule has 9 heteroatoms. The number of nitrogens with two attached hydrogens (primary N) is 1. The maximum atomic E-state index is 10.7. The van der Waals surface area contributed by atoms with Crippen LogP contribution in [0, 0.1) is 10.1 Å². The maximum Gasteiger partial charge on any atom is 0.311 e. The van der Waals surface area contributed by atoms with Crippen molar-refractivity contribution >= 4 is 39.0 Å². The van der Waals surface area contributed by atoms with Crippen molar-refractivity contribution in [3.05, 3.63) is 26.9 Å². The zero-order valence-electron chi connectivity index (χ0n) is 9.08. The van der Waals surface area contributed by atoms with Crippen LogP contribution in [0.4, 0.5) is 11.5 Å². The number of anilines is 1. The highest BCUT2D eigenvalue weighted by atomic mass is 79.9. The van der Waals surface area contributed by atoms with Crippen molar-refractivity contribution in [1.29, 1.82) is 0 Å². The number of aliphatic hydroxyl groups excluding tert-OH is 2. The molecule has 0 bridgehead atoms. The third-order valence-electron chi connectivity index (χ3n) is 2.30. The molecule has 4 N–H and O–H groups in total. The number of alkyl halides is 1. The van der Waals surface area contributed by atoms with Gasteiger partial charge in [-0.15, -0.1) is 0 Å². The van der Waals surface area contributed by atoms with Gasteiger partial charge < -0.3 is 15.9 Å². The minimum Gasteiger partial charge on any atom is -0.390 e. The van der Waals surface area contributed by atoms with E-state index in [4.69, 9.17) is 17.3 Å². The van der Waals surface area contributed by atoms with Gasteiger partial charge in [-0.3, -0.25) is 10.1 Å². The highest BCUT2D eigenvalue weighted by molar-refractivity contribution is 9.09. The average molecular weight is 341 g/mol. The SMILES string of the molecule is Nc1nc(Cl)c(C(O)C(O)CCBr)cc1[N+](=O)[O-]. The predicted molar refractivity (Wildman–Crippen MR) is 69.7 cm³/mol. The molecule has 0 saturated carbocycles. The highest BCUT2D eigenvalue weighted by Crippen LogP contribution is 2.31. The van der Waals surface area contributed by atoms with Crippen LogP contribution in [0.1, 0.15) is 18.1 Å². The van der Waals surface area contributed by atoms with E-state index in [0.29, 0.717) is 5.33 Å². The largest absolute Gasteiger partial charge is 0.390 e. The number of nitrogen functional groups attached to an aromatic ring is 1. The number of aliphatic hydroxyl groups is 2. The van der Waals surface area contributed by atoms with Gasteiger partial charge in [0, 0.05) is 17.0 Å². The Labute approximate surface area is 116 Å². The van der Waals surface area contributed by atoms with Crippen molar-refractivity contribution in [1.82, 2.24) is 4.98 Å². The fraction of sp³-hybridized carbons (Fsp3) is 0.444. The van der Waals surface area contributed by atoms with Gasteiger partial charge >= 0.3 is 5.69 Å². The van der Waals surface area contributed by atoms with E-state index in [1.807, 2.05) is 0 Å². The van der Waals surface area contributed by atoms with Gasteiger partial charge in [-0.1, -0.05) is 27.5 Å². The van der Waals surface area contributed by atoms with E-state index in [1.165, 1.54) is 0 Å². The van der Waals surface area contributed by atoms with E-state index in [9.17, 15) is 20.3 Å². The Morgan fingerprint density at radius 2 is 2.22 bits per heavy atom. The molecule has 1 rings (SSSR count). The van der Waals surface area contributed by atoms with E-state index >= 15 is 0 Å². The Morgan fingerprint density at radius 1 is 1.61 bits per heavy atom. The molecule has 1 aromatic heterocycles. The average Bonchev–Trinajstić information content (AvgIpc) is 2.28. The van der Waals surface area contributed by atoms with E-state index in [1.54, 1.807) is 0 Å². The number of hydrogen-bond acceptors (Lipinski definition) is 6. The number of nitrogens with zero attached hydrogens (tertiary/aromatic N) is 2. The van der Waals surface area contributed by atoms with Crippen LogP contribution in [0.5, 0.6) is 0 Å². The summed E-state index contributed by atoms with van der Waals surface area (Å²) in [4.78, 5) is 13.5. The monoisotopic (exact) mass is 339 g/mol. The molecule has 7 nitrogen and oxygen atoms in total. The molecule has 0 aliphatic heterocycles. The van der Waals surface area contributed by atoms with Crippen LogP contribution in [-0.2, 0) is 0 Å². The van der Waals surface area contributed by atoms with Crippen LogP contribution < -0.4 is 5.73 Å². The molecule has 0 fully saturated rings. The molecular formula is C9H11BrClN3O4. The summed E-state index contributed by atoms with van der Waals surface area (Å²) in [6.07, 6.45) is -2.20. The molecule has 1 aromatic rings. The Morgan fingerprint density at radius 3 is 2.72 bits per heavy atom. The first-order chi connectivity index (χ1) is 8.38. The Hall–Kier alpha value is -0.960. The fourth-order valence-electron chi connectivity index (χ4n) is 1.34. The van der Waals surface area contributed by atoms with Gasteiger partial charge in [-0.25, -0.2) is 4.98 Å². The summed E-state index contributed by atoms with van der Waals surface area (Å²) in [7, 11) is 0. The molecule has 0 spiro atoms. The minimum atomic E-state index is -1.36. The first-order valence-electron chi connectivity index (χ1n) is 4.90. The lowest BCUT2D eigenvalue weighted by atomic mass is 10.0. The first kappa shape index (κ1) is 15.1. The number of pyridine rings is 1. The quantitative estimate of drug-likeness (QED) is 0.322. The van der Waals surface area contributed by atoms with Crippen molar-refractivity contribution in [3.63, 3.8) is 0 Å². The fourth-order valence-corrected chi connectivity index (χ4v) is 2.07. The van der Waals surface area contributed by atoms with E-state index in [2.05, 4.69) is 20.9 Å². The molecule has 0 radical (unpaired) electrons. The summed E-state index contributed by atoms with van der Waals surface area (Å²) in [6, 6.07) is 1.02. The standard InChI is InChI=1S/C9H11BrClN3O4/c10-2-1-6(15)7(16)4-3-5(14(17)18)9(12)13-8(4)11/h3,6-7,15-16H,1-2H2,(H2,12,13). The number of halogens is 2. The molecule has 0 saturated heterocycles. The normalized spacial score (nSPS) is 14.2. The molecule has 2 unspecified atom stereocenters. The van der Waals surface area contributed by atoms with Crippen LogP contribution in [-0.4, -0.2) is 31.6 Å². The summed E-state index contributed by atoms with van der Waals surface area (Å²) in [5.74, 6) is -0.337. The van der Waals surface area contributed by atoms with Gasteiger partial charge in [0.25, 0.3) is 0 Å². The lowest BCUT2D eigenvalue weighted by Crippen LogP contribution is -2.19. The number of hydrogen-bond donors (Lipinski definition) is 3. The number of nitro groups is 1. The third kappa shape index (κ3) is 3.29. The first-order valence-corrected chi connectivity index (χ1v) is 6.40. The van der Waals surface area contributed by atoms with Crippen molar-refractivity contribution in [2.45, 2.75) is 18.6 Å². The molecular weight excluding hydrogens is 329 g/mol. The zero-order valence-corrected chi connectivity index (χ0v) is 11.4. The van der Waals surface area contributed by atoms with Crippen molar-refractivity contribution in [3.8, 4) is 0 Å². The van der Waals surface area contributed by atoms with E-state index < -0.39 is 22.8 Å². The van der Waals surface area contributed by atoms with Crippen molar-refractivity contribution in [2.24, 2.45) is 0 Å². The lowest BCUT2D eigenvalue weighted by Gasteiger charge is -2.17. The summed E-state index contributed by atoms with van der Waals surface area (Å²) in [6.45, 7) is 0. The molecule has 0 aliphatic carbocycles. The van der Waals surface area contributed by atoms with Crippen LogP contribution in [0.25, 0.3) is 0 Å². The second-order valence-corrected chi connectivity index (χ2v) is 4.67. The molecule has 0 aliphatic rings. The third-order valence-corrected chi connectivity index (χ3v) is 3.06. The number of rotatable bonds is 5. The topological polar surface area (TPSA) is 123 Å². The zero-order chi connectivity index (χ0) is 13.9. The Kier molecular flexibility index (Phi) is 5.27.